The second kappa shape index (κ2) is 9.66. The Morgan fingerprint density at radius 2 is 1.00 bits per heavy atom. The maximum absolute atomic E-state index is 8.48. The predicted molar refractivity (Wildman–Crippen MR) is 18.0 cm³/mol. The van der Waals surface area contributed by atoms with Gasteiger partial charge in [0.05, 0.1) is 0 Å². The maximum Gasteiger partial charge on any atom is 0 e. The molecule has 0 aliphatic heterocycles. The molecule has 0 saturated heterocycles. The Morgan fingerprint density at radius 1 is 1.00 bits per heavy atom. The summed E-state index contributed by atoms with van der Waals surface area (Å²) in [7, 11) is -3.37. The normalized spacial score (nSPS) is 6.00. The summed E-state index contributed by atoms with van der Waals surface area (Å²) in [4.78, 5) is 25.4. The second-order valence-electron chi connectivity index (χ2n) is 0.224. The smallest absolute Gasteiger partial charge is 0 e. The van der Waals surface area contributed by atoms with Gasteiger partial charge in [0.25, 0.3) is 0 Å². The predicted octanol–water partition coefficient (Wildman–Crippen LogP) is -2.65. The van der Waals surface area contributed by atoms with Crippen LogP contribution in [0.25, 0.3) is 0 Å². The van der Waals surface area contributed by atoms with Gasteiger partial charge in [0.1, 0.15) is 0 Å². The zero-order chi connectivity index (χ0) is 3.58. The number of hydrogen-bond donors (Lipinski definition) is 0. The van der Waals surface area contributed by atoms with Crippen molar-refractivity contribution >= 4 is 18.5 Å². The van der Waals surface area contributed by atoms with Crippen molar-refractivity contribution in [1.29, 1.82) is 0 Å². The van der Waals surface area contributed by atoms with Crippen molar-refractivity contribution in [3.63, 3.8) is 0 Å². The van der Waals surface area contributed by atoms with Gasteiger partial charge in [-0.05, 0) is 0 Å². The molecule has 0 bridgehead atoms. The summed E-state index contributed by atoms with van der Waals surface area (Å²) in [6.45, 7) is 0. The third-order valence-corrected chi connectivity index (χ3v) is 0. The van der Waals surface area contributed by atoms with Gasteiger partial charge in [0.2, 0.25) is 0 Å². The van der Waals surface area contributed by atoms with E-state index in [1.165, 1.54) is 0 Å². The van der Waals surface area contributed by atoms with Gasteiger partial charge in [-0.15, -0.1) is 0 Å². The molecule has 0 aromatic heterocycles. The van der Waals surface area contributed by atoms with Crippen LogP contribution in [-0.2, 0) is 21.1 Å². The average Bonchev–Trinajstić information content (AvgIpc) is 0.811. The van der Waals surface area contributed by atoms with E-state index in [1.54, 1.807) is 0 Å². The van der Waals surface area contributed by atoms with Gasteiger partial charge in [-0.2, -0.15) is 9.90 Å². The second-order valence-corrected chi connectivity index (χ2v) is 0.671. The molecule has 0 amide bonds. The van der Waals surface area contributed by atoms with E-state index in [-0.39, 0.29) is 31.0 Å². The molecule has 0 radical (unpaired) electrons. The number of rotatable bonds is 0. The molecule has 6 heavy (non-hydrogen) atoms. The maximum atomic E-state index is 8.48. The fraction of sp³-hybridized carbons (Fsp3) is 0. The van der Waals surface area contributed by atoms with Crippen LogP contribution in [0.5, 0.6) is 0 Å². The zero-order valence-electron chi connectivity index (χ0n) is 2.70. The Bertz CT molecular complexity index is 13.5. The Balaban J connectivity index is -0.0000000450. The summed E-state index contributed by atoms with van der Waals surface area (Å²) in [6.07, 6.45) is 0. The van der Waals surface area contributed by atoms with Gasteiger partial charge in [0.15, 0.2) is 0 Å². The summed E-state index contributed by atoms with van der Waals surface area (Å²) in [5.74, 6) is 0. The van der Waals surface area contributed by atoms with E-state index < -0.39 is 8.60 Å². The van der Waals surface area contributed by atoms with Crippen LogP contribution in [0.15, 0.2) is 0 Å². The molecule has 0 heterocycles. The molecule has 0 aliphatic carbocycles. The first-order chi connectivity index (χ1) is 1.73. The third-order valence-electron chi connectivity index (χ3n) is 0. The van der Waals surface area contributed by atoms with E-state index in [4.69, 9.17) is 14.7 Å². The molecule has 0 fully saturated rings. The van der Waals surface area contributed by atoms with Crippen molar-refractivity contribution in [3.8, 4) is 0 Å². The molecule has 0 N–H and O–H groups in total. The summed E-state index contributed by atoms with van der Waals surface area (Å²) in [6, 6.07) is 0. The topological polar surface area (TPSA) is 69.2 Å². The molecular weight excluding hydrogens is 305 g/mol. The Kier molecular flexibility index (Phi) is 25.2. The van der Waals surface area contributed by atoms with Crippen LogP contribution < -0.4 is 14.7 Å². The van der Waals surface area contributed by atoms with Crippen molar-refractivity contribution in [2.24, 2.45) is 0 Å². The monoisotopic (exact) mass is 308 g/mol. The zero-order valence-corrected chi connectivity index (χ0v) is 7.28. The van der Waals surface area contributed by atoms with Crippen molar-refractivity contribution < 1.29 is 35.7 Å². The fourth-order valence-corrected chi connectivity index (χ4v) is 0. The SMILES string of the molecule is P.[O-]P([O-])[O-].[Pt]. The Labute approximate surface area is 54.7 Å². The van der Waals surface area contributed by atoms with E-state index in [0.29, 0.717) is 0 Å². The third kappa shape index (κ3) is 52.2. The minimum Gasteiger partial charge on any atom is -0.854 e. The summed E-state index contributed by atoms with van der Waals surface area (Å²) in [5, 5.41) is 0. The van der Waals surface area contributed by atoms with Crippen LogP contribution in [0.4, 0.5) is 0 Å². The molecule has 44 valence electrons. The molecule has 0 saturated carbocycles. The minimum atomic E-state index is -3.37. The van der Waals surface area contributed by atoms with Crippen molar-refractivity contribution in [2.45, 2.75) is 0 Å². The molecule has 0 aliphatic rings. The summed E-state index contributed by atoms with van der Waals surface area (Å²) >= 11 is 0. The Morgan fingerprint density at radius 3 is 1.00 bits per heavy atom. The van der Waals surface area contributed by atoms with Crippen LogP contribution in [0.1, 0.15) is 0 Å². The largest absolute Gasteiger partial charge is 0.854 e. The van der Waals surface area contributed by atoms with Gasteiger partial charge < -0.3 is 23.3 Å². The van der Waals surface area contributed by atoms with Crippen molar-refractivity contribution in [3.05, 3.63) is 0 Å². The van der Waals surface area contributed by atoms with E-state index >= 15 is 0 Å². The van der Waals surface area contributed by atoms with Gasteiger partial charge in [-0.1, -0.05) is 0 Å². The van der Waals surface area contributed by atoms with E-state index in [9.17, 15) is 0 Å². The van der Waals surface area contributed by atoms with Gasteiger partial charge in [0, 0.05) is 21.1 Å². The van der Waals surface area contributed by atoms with E-state index in [0.717, 1.165) is 0 Å². The molecule has 1 atom stereocenters. The summed E-state index contributed by atoms with van der Waals surface area (Å²) < 4.78 is 0. The molecule has 0 aromatic rings. The van der Waals surface area contributed by atoms with Crippen molar-refractivity contribution in [1.82, 2.24) is 0 Å². The molecule has 0 aromatic carbocycles. The van der Waals surface area contributed by atoms with Gasteiger partial charge in [-0.3, -0.25) is 0 Å². The van der Waals surface area contributed by atoms with Crippen LogP contribution >= 0.6 is 18.5 Å². The first kappa shape index (κ1) is 15.7. The molecule has 1 unspecified atom stereocenters. The Hall–Kier alpha value is 1.43. The van der Waals surface area contributed by atoms with E-state index in [2.05, 4.69) is 0 Å². The first-order valence-electron chi connectivity index (χ1n) is 0.548. The molecule has 6 heteroatoms. The average molecular weight is 308 g/mol. The van der Waals surface area contributed by atoms with Crippen LogP contribution in [0.2, 0.25) is 0 Å². The minimum absolute atomic E-state index is 0. The van der Waals surface area contributed by atoms with Crippen LogP contribution in [0, 0.1) is 0 Å². The quantitative estimate of drug-likeness (QED) is 0.459. The summed E-state index contributed by atoms with van der Waals surface area (Å²) in [5.41, 5.74) is 0. The molecular formula is H3O3P2Pt-3. The van der Waals surface area contributed by atoms with Crippen LogP contribution in [0.3, 0.4) is 0 Å². The fourth-order valence-electron chi connectivity index (χ4n) is 0. The first-order valence-corrected chi connectivity index (χ1v) is 1.64. The van der Waals surface area contributed by atoms with Gasteiger partial charge >= 0.3 is 0 Å². The molecule has 3 nitrogen and oxygen atoms in total. The molecule has 0 rings (SSSR count). The van der Waals surface area contributed by atoms with E-state index in [1.807, 2.05) is 0 Å². The molecule has 0 spiro atoms. The van der Waals surface area contributed by atoms with Gasteiger partial charge in [-0.25, -0.2) is 0 Å². The van der Waals surface area contributed by atoms with Crippen molar-refractivity contribution in [2.75, 3.05) is 0 Å². The number of hydrogen-bond acceptors (Lipinski definition) is 3. The standard InChI is InChI=1S/O3P.H3P.Pt/c1-4(2)3;;/h;1H3;/q-3;;. The van der Waals surface area contributed by atoms with Crippen LogP contribution in [-0.4, -0.2) is 0 Å².